The Labute approximate surface area is 130 Å². The van der Waals surface area contributed by atoms with Crippen LogP contribution in [-0.2, 0) is 11.3 Å². The summed E-state index contributed by atoms with van der Waals surface area (Å²) in [4.78, 5) is 17.5. The van der Waals surface area contributed by atoms with E-state index in [2.05, 4.69) is 11.5 Å². The van der Waals surface area contributed by atoms with Gasteiger partial charge >= 0.3 is 0 Å². The van der Waals surface area contributed by atoms with E-state index in [1.807, 2.05) is 29.3 Å². The zero-order valence-electron chi connectivity index (χ0n) is 12.6. The van der Waals surface area contributed by atoms with Crippen LogP contribution in [0.5, 0.6) is 0 Å². The molecule has 0 saturated carbocycles. The first-order valence-electron chi connectivity index (χ1n) is 7.36. The molecule has 1 fully saturated rings. The highest BCUT2D eigenvalue weighted by Gasteiger charge is 2.30. The van der Waals surface area contributed by atoms with E-state index in [4.69, 9.17) is 0 Å². The molecule has 0 radical (unpaired) electrons. The summed E-state index contributed by atoms with van der Waals surface area (Å²) in [6, 6.07) is 4.04. The van der Waals surface area contributed by atoms with Crippen molar-refractivity contribution in [2.75, 3.05) is 26.2 Å². The summed E-state index contributed by atoms with van der Waals surface area (Å²) >= 11 is 1.66. The van der Waals surface area contributed by atoms with Crippen LogP contribution in [0.4, 0.5) is 0 Å². The van der Waals surface area contributed by atoms with Gasteiger partial charge in [-0.15, -0.1) is 17.9 Å². The van der Waals surface area contributed by atoms with E-state index in [9.17, 15) is 9.90 Å². The van der Waals surface area contributed by atoms with Crippen LogP contribution < -0.4 is 0 Å². The lowest BCUT2D eigenvalue weighted by atomic mass is 9.95. The van der Waals surface area contributed by atoms with Crippen LogP contribution in [0.15, 0.2) is 30.2 Å². The predicted molar refractivity (Wildman–Crippen MR) is 86.2 cm³/mol. The number of amides is 1. The predicted octanol–water partition coefficient (Wildman–Crippen LogP) is 2.11. The second kappa shape index (κ2) is 7.20. The maximum Gasteiger partial charge on any atom is 0.237 e. The number of β-amino-alcohol motifs (C(OH)–C–C–N with tert-alkyl or cyclic N) is 1. The fraction of sp³-hybridized carbons (Fsp3) is 0.562. The smallest absolute Gasteiger partial charge is 0.237 e. The Morgan fingerprint density at radius 2 is 2.48 bits per heavy atom. The molecule has 0 aliphatic carbocycles. The quantitative estimate of drug-likeness (QED) is 0.819. The number of hydrogen-bond acceptors (Lipinski definition) is 4. The van der Waals surface area contributed by atoms with Gasteiger partial charge in [0.05, 0.1) is 18.7 Å². The molecule has 5 heteroatoms. The zero-order valence-corrected chi connectivity index (χ0v) is 13.4. The first-order valence-corrected chi connectivity index (χ1v) is 8.24. The van der Waals surface area contributed by atoms with Crippen molar-refractivity contribution >= 4 is 17.2 Å². The molecule has 0 bridgehead atoms. The van der Waals surface area contributed by atoms with Gasteiger partial charge in [0.2, 0.25) is 5.91 Å². The van der Waals surface area contributed by atoms with Gasteiger partial charge in [0.25, 0.3) is 0 Å². The Bertz CT molecular complexity index is 471. The Morgan fingerprint density at radius 1 is 1.67 bits per heavy atom. The molecule has 1 N–H and O–H groups in total. The molecule has 2 heterocycles. The minimum atomic E-state index is -0.671. The lowest BCUT2D eigenvalue weighted by molar-refractivity contribution is -0.134. The second-order valence-electron chi connectivity index (χ2n) is 5.95. The van der Waals surface area contributed by atoms with Crippen molar-refractivity contribution in [3.8, 4) is 0 Å². The molecule has 1 aromatic heterocycles. The first-order chi connectivity index (χ1) is 10.00. The molecule has 4 nitrogen and oxygen atoms in total. The van der Waals surface area contributed by atoms with Crippen LogP contribution in [0.3, 0.4) is 0 Å². The van der Waals surface area contributed by atoms with Gasteiger partial charge in [-0.3, -0.25) is 9.69 Å². The number of hydrogen-bond donors (Lipinski definition) is 1. The molecule has 1 amide bonds. The van der Waals surface area contributed by atoms with Crippen LogP contribution in [-0.4, -0.2) is 52.6 Å². The molecule has 1 atom stereocenters. The molecular formula is C16H24N2O2S. The number of piperidine rings is 1. The number of carbonyl (C=O) groups is 1. The number of thiophene rings is 1. The van der Waals surface area contributed by atoms with Gasteiger partial charge in [0, 0.05) is 18.0 Å². The molecule has 1 aliphatic heterocycles. The molecule has 1 saturated heterocycles. The Balaban J connectivity index is 1.93. The van der Waals surface area contributed by atoms with Gasteiger partial charge in [-0.2, -0.15) is 0 Å². The fourth-order valence-corrected chi connectivity index (χ4v) is 3.47. The topological polar surface area (TPSA) is 43.8 Å². The minimum Gasteiger partial charge on any atom is -0.389 e. The molecule has 2 rings (SSSR count). The van der Waals surface area contributed by atoms with Crippen molar-refractivity contribution in [3.05, 3.63) is 35.0 Å². The fourth-order valence-electron chi connectivity index (χ4n) is 2.75. The zero-order chi connectivity index (χ0) is 15.3. The summed E-state index contributed by atoms with van der Waals surface area (Å²) in [5, 5.41) is 12.1. The van der Waals surface area contributed by atoms with E-state index in [0.717, 1.165) is 19.4 Å². The van der Waals surface area contributed by atoms with Crippen LogP contribution in [0, 0.1) is 0 Å². The largest absolute Gasteiger partial charge is 0.389 e. The Hall–Kier alpha value is -1.17. The first kappa shape index (κ1) is 16.2. The highest BCUT2D eigenvalue weighted by atomic mass is 32.1. The highest BCUT2D eigenvalue weighted by molar-refractivity contribution is 7.09. The van der Waals surface area contributed by atoms with E-state index in [-0.39, 0.29) is 5.91 Å². The summed E-state index contributed by atoms with van der Waals surface area (Å²) in [7, 11) is 0. The van der Waals surface area contributed by atoms with E-state index < -0.39 is 5.60 Å². The molecule has 116 valence electrons. The minimum absolute atomic E-state index is 0.0981. The molecule has 1 unspecified atom stereocenters. The van der Waals surface area contributed by atoms with Gasteiger partial charge in [-0.1, -0.05) is 12.1 Å². The third-order valence-corrected chi connectivity index (χ3v) is 4.60. The molecule has 0 spiro atoms. The van der Waals surface area contributed by atoms with Gasteiger partial charge in [-0.25, -0.2) is 0 Å². The Morgan fingerprint density at radius 3 is 3.10 bits per heavy atom. The second-order valence-corrected chi connectivity index (χ2v) is 6.99. The van der Waals surface area contributed by atoms with E-state index in [1.54, 1.807) is 17.4 Å². The maximum atomic E-state index is 12.5. The number of nitrogens with zero attached hydrogens (tertiary/aromatic N) is 2. The normalized spacial score (nSPS) is 23.0. The monoisotopic (exact) mass is 308 g/mol. The van der Waals surface area contributed by atoms with E-state index >= 15 is 0 Å². The van der Waals surface area contributed by atoms with Crippen molar-refractivity contribution in [2.45, 2.75) is 31.9 Å². The average Bonchev–Trinajstić information content (AvgIpc) is 2.90. The summed E-state index contributed by atoms with van der Waals surface area (Å²) in [6.45, 7) is 8.59. The molecular weight excluding hydrogens is 284 g/mol. The van der Waals surface area contributed by atoms with Crippen molar-refractivity contribution in [3.63, 3.8) is 0 Å². The Kier molecular flexibility index (Phi) is 5.56. The van der Waals surface area contributed by atoms with Crippen molar-refractivity contribution in [1.82, 2.24) is 9.80 Å². The number of aliphatic hydroxyl groups is 1. The lowest BCUT2D eigenvalue weighted by Crippen LogP contribution is -2.49. The molecule has 1 aromatic rings. The highest BCUT2D eigenvalue weighted by Crippen LogP contribution is 2.20. The van der Waals surface area contributed by atoms with Gasteiger partial charge in [-0.05, 0) is 37.8 Å². The van der Waals surface area contributed by atoms with Gasteiger partial charge < -0.3 is 10.0 Å². The van der Waals surface area contributed by atoms with Crippen LogP contribution >= 0.6 is 11.3 Å². The van der Waals surface area contributed by atoms with E-state index in [0.29, 0.717) is 26.2 Å². The van der Waals surface area contributed by atoms with Crippen molar-refractivity contribution < 1.29 is 9.90 Å². The summed E-state index contributed by atoms with van der Waals surface area (Å²) in [6.07, 6.45) is 3.51. The maximum absolute atomic E-state index is 12.5. The summed E-state index contributed by atoms with van der Waals surface area (Å²) in [5.74, 6) is 0.0981. The number of likely N-dealkylation sites (tertiary alicyclic amines) is 1. The van der Waals surface area contributed by atoms with Crippen LogP contribution in [0.2, 0.25) is 0 Å². The van der Waals surface area contributed by atoms with E-state index in [1.165, 1.54) is 4.88 Å². The van der Waals surface area contributed by atoms with Crippen LogP contribution in [0.25, 0.3) is 0 Å². The summed E-state index contributed by atoms with van der Waals surface area (Å²) < 4.78 is 0. The average molecular weight is 308 g/mol. The van der Waals surface area contributed by atoms with Gasteiger partial charge in [0.1, 0.15) is 0 Å². The number of carbonyl (C=O) groups excluding carboxylic acids is 1. The van der Waals surface area contributed by atoms with Crippen LogP contribution in [0.1, 0.15) is 24.6 Å². The molecule has 0 aromatic carbocycles. The third kappa shape index (κ3) is 4.95. The van der Waals surface area contributed by atoms with Crippen molar-refractivity contribution in [2.24, 2.45) is 0 Å². The summed E-state index contributed by atoms with van der Waals surface area (Å²) in [5.41, 5.74) is -0.671. The van der Waals surface area contributed by atoms with Gasteiger partial charge in [0.15, 0.2) is 0 Å². The molecule has 1 aliphatic rings. The third-order valence-electron chi connectivity index (χ3n) is 3.74. The molecule has 21 heavy (non-hydrogen) atoms. The van der Waals surface area contributed by atoms with Crippen molar-refractivity contribution in [1.29, 1.82) is 0 Å². The standard InChI is InChI=1S/C16H24N2O2S/c1-3-8-18(11-14-6-4-10-21-14)15(19)12-17-9-5-7-16(2,20)13-17/h3-4,6,10,20H,1,5,7-9,11-13H2,2H3. The lowest BCUT2D eigenvalue weighted by Gasteiger charge is -2.37. The SMILES string of the molecule is C=CCN(Cc1cccs1)C(=O)CN1CCCC(C)(O)C1. The number of rotatable bonds is 6.